The van der Waals surface area contributed by atoms with Crippen molar-refractivity contribution in [2.45, 2.75) is 57.6 Å². The van der Waals surface area contributed by atoms with Gasteiger partial charge in [-0.25, -0.2) is 8.42 Å². The average molecular weight is 523 g/mol. The van der Waals surface area contributed by atoms with Crippen molar-refractivity contribution < 1.29 is 22.7 Å². The van der Waals surface area contributed by atoms with Crippen LogP contribution in [0.15, 0.2) is 65.6 Å². The van der Waals surface area contributed by atoms with Crippen LogP contribution in [0.25, 0.3) is 0 Å². The largest absolute Gasteiger partial charge is 0.497 e. The average Bonchev–Trinajstić information content (AvgIpc) is 2.81. The second-order valence-corrected chi connectivity index (χ2v) is 12.1. The highest BCUT2D eigenvalue weighted by Crippen LogP contribution is 2.41. The molecule has 1 unspecified atom stereocenters. The summed E-state index contributed by atoms with van der Waals surface area (Å²) >= 11 is 0. The van der Waals surface area contributed by atoms with Gasteiger partial charge in [-0.15, -0.1) is 0 Å². The topological polar surface area (TPSA) is 84.9 Å². The molecule has 0 fully saturated rings. The lowest BCUT2D eigenvalue weighted by molar-refractivity contribution is -0.120. The number of rotatable bonds is 7. The van der Waals surface area contributed by atoms with Crippen LogP contribution in [0, 0.1) is 20.8 Å². The van der Waals surface area contributed by atoms with Gasteiger partial charge in [0.15, 0.2) is 0 Å². The molecule has 0 aromatic heterocycles. The molecule has 1 heterocycles. The van der Waals surface area contributed by atoms with Crippen LogP contribution in [-0.2, 0) is 14.8 Å². The van der Waals surface area contributed by atoms with Crippen molar-refractivity contribution >= 4 is 21.6 Å². The number of nitrogens with zero attached hydrogens (tertiary/aromatic N) is 1. The van der Waals surface area contributed by atoms with Crippen LogP contribution in [0.2, 0.25) is 0 Å². The summed E-state index contributed by atoms with van der Waals surface area (Å²) < 4.78 is 40.3. The minimum absolute atomic E-state index is 0.132. The van der Waals surface area contributed by atoms with Gasteiger partial charge in [0.1, 0.15) is 23.6 Å². The lowest BCUT2D eigenvalue weighted by Crippen LogP contribution is -2.45. The fraction of sp³-hybridized carbons (Fsp3) is 0.345. The molecule has 7 nitrogen and oxygen atoms in total. The molecule has 1 aliphatic rings. The highest BCUT2D eigenvalue weighted by atomic mass is 32.2. The Morgan fingerprint density at radius 3 is 2.27 bits per heavy atom. The molecule has 0 spiro atoms. The van der Waals surface area contributed by atoms with E-state index < -0.39 is 21.5 Å². The Kier molecular flexibility index (Phi) is 7.24. The molecule has 1 N–H and O–H groups in total. The van der Waals surface area contributed by atoms with Gasteiger partial charge < -0.3 is 14.8 Å². The van der Waals surface area contributed by atoms with Gasteiger partial charge in [0.05, 0.1) is 23.7 Å². The zero-order valence-corrected chi connectivity index (χ0v) is 23.0. The summed E-state index contributed by atoms with van der Waals surface area (Å²) in [5.74, 6) is 0.909. The Morgan fingerprint density at radius 1 is 1.00 bits per heavy atom. The molecule has 196 valence electrons. The van der Waals surface area contributed by atoms with Crippen molar-refractivity contribution in [1.29, 1.82) is 0 Å². The van der Waals surface area contributed by atoms with E-state index in [-0.39, 0.29) is 17.5 Å². The lowest BCUT2D eigenvalue weighted by Gasteiger charge is -2.38. The number of benzene rings is 3. The molecule has 0 saturated carbocycles. The number of sulfonamides is 1. The minimum Gasteiger partial charge on any atom is -0.497 e. The molecule has 3 aromatic carbocycles. The normalized spacial score (nSPS) is 16.3. The summed E-state index contributed by atoms with van der Waals surface area (Å²) in [6, 6.07) is 17.3. The number of hydrogen-bond acceptors (Lipinski definition) is 5. The van der Waals surface area contributed by atoms with Crippen LogP contribution in [-0.4, -0.2) is 33.6 Å². The van der Waals surface area contributed by atoms with Crippen molar-refractivity contribution in [1.82, 2.24) is 5.32 Å². The maximum Gasteiger partial charge on any atom is 0.264 e. The highest BCUT2D eigenvalue weighted by molar-refractivity contribution is 7.92. The molecule has 1 atom stereocenters. The van der Waals surface area contributed by atoms with E-state index in [1.54, 1.807) is 43.5 Å². The second kappa shape index (κ2) is 10.1. The number of ether oxygens (including phenoxy) is 2. The summed E-state index contributed by atoms with van der Waals surface area (Å²) in [6.45, 7) is 9.26. The SMILES string of the molecule is COc1ccc2c(c1)C(NC(=O)CN(c1cc(C)cc(C)c1)S(=O)(=O)c1ccc(C)cc1)CC(C)(C)O2. The number of hydrogen-bond donors (Lipinski definition) is 1. The summed E-state index contributed by atoms with van der Waals surface area (Å²) in [5.41, 5.74) is 3.50. The van der Waals surface area contributed by atoms with Gasteiger partial charge in [-0.1, -0.05) is 23.8 Å². The molecule has 37 heavy (non-hydrogen) atoms. The van der Waals surface area contributed by atoms with Crippen LogP contribution < -0.4 is 19.1 Å². The van der Waals surface area contributed by atoms with Crippen molar-refractivity contribution in [2.24, 2.45) is 0 Å². The predicted octanol–water partition coefficient (Wildman–Crippen LogP) is 5.23. The van der Waals surface area contributed by atoms with E-state index in [0.717, 1.165) is 22.3 Å². The van der Waals surface area contributed by atoms with Gasteiger partial charge >= 0.3 is 0 Å². The summed E-state index contributed by atoms with van der Waals surface area (Å²) in [6.07, 6.45) is 0.521. The van der Waals surface area contributed by atoms with Gasteiger partial charge in [-0.2, -0.15) is 0 Å². The molecule has 0 bridgehead atoms. The zero-order chi connectivity index (χ0) is 27.0. The van der Waals surface area contributed by atoms with E-state index in [4.69, 9.17) is 9.47 Å². The first-order valence-electron chi connectivity index (χ1n) is 12.2. The lowest BCUT2D eigenvalue weighted by atomic mass is 9.89. The quantitative estimate of drug-likeness (QED) is 0.459. The Bertz CT molecular complexity index is 1390. The number of aryl methyl sites for hydroxylation is 3. The molecule has 1 aliphatic heterocycles. The monoisotopic (exact) mass is 522 g/mol. The minimum atomic E-state index is -4.01. The van der Waals surface area contributed by atoms with Crippen LogP contribution >= 0.6 is 0 Å². The molecule has 0 aliphatic carbocycles. The Labute approximate surface area is 219 Å². The molecular formula is C29H34N2O5S. The molecule has 4 rings (SSSR count). The molecule has 0 saturated heterocycles. The number of carbonyl (C=O) groups excluding carboxylic acids is 1. The maximum atomic E-state index is 13.8. The van der Waals surface area contributed by atoms with Crippen LogP contribution in [0.1, 0.15) is 48.6 Å². The van der Waals surface area contributed by atoms with Crippen molar-refractivity contribution in [3.63, 3.8) is 0 Å². The van der Waals surface area contributed by atoms with E-state index >= 15 is 0 Å². The maximum absolute atomic E-state index is 13.8. The van der Waals surface area contributed by atoms with Gasteiger partial charge in [0.25, 0.3) is 10.0 Å². The van der Waals surface area contributed by atoms with Gasteiger partial charge in [0, 0.05) is 12.0 Å². The summed E-state index contributed by atoms with van der Waals surface area (Å²) in [4.78, 5) is 13.6. The van der Waals surface area contributed by atoms with E-state index in [2.05, 4.69) is 5.32 Å². The Hall–Kier alpha value is -3.52. The number of fused-ring (bicyclic) bond motifs is 1. The summed E-state index contributed by atoms with van der Waals surface area (Å²) in [5, 5.41) is 3.06. The first kappa shape index (κ1) is 26.5. The molecular weight excluding hydrogens is 488 g/mol. The Morgan fingerprint density at radius 2 is 1.65 bits per heavy atom. The predicted molar refractivity (Wildman–Crippen MR) is 145 cm³/mol. The molecule has 0 radical (unpaired) electrons. The molecule has 8 heteroatoms. The number of anilines is 1. The fourth-order valence-electron chi connectivity index (χ4n) is 4.71. The Balaban J connectivity index is 1.68. The first-order valence-corrected chi connectivity index (χ1v) is 13.7. The van der Waals surface area contributed by atoms with Gasteiger partial charge in [-0.3, -0.25) is 9.10 Å². The highest BCUT2D eigenvalue weighted by Gasteiger charge is 2.36. The molecule has 3 aromatic rings. The van der Waals surface area contributed by atoms with E-state index in [0.29, 0.717) is 23.6 Å². The van der Waals surface area contributed by atoms with E-state index in [1.165, 1.54) is 4.31 Å². The number of methoxy groups -OCH3 is 1. The van der Waals surface area contributed by atoms with Crippen molar-refractivity contribution in [3.05, 3.63) is 82.9 Å². The number of amides is 1. The van der Waals surface area contributed by atoms with Crippen molar-refractivity contribution in [3.8, 4) is 11.5 Å². The first-order chi connectivity index (χ1) is 17.4. The van der Waals surface area contributed by atoms with Crippen LogP contribution in [0.3, 0.4) is 0 Å². The second-order valence-electron chi connectivity index (χ2n) is 10.3. The summed E-state index contributed by atoms with van der Waals surface area (Å²) in [7, 11) is -2.42. The third-order valence-corrected chi connectivity index (χ3v) is 8.19. The number of carbonyl (C=O) groups is 1. The number of nitrogens with one attached hydrogen (secondary N) is 1. The third-order valence-electron chi connectivity index (χ3n) is 6.40. The van der Waals surface area contributed by atoms with E-state index in [1.807, 2.05) is 58.9 Å². The van der Waals surface area contributed by atoms with E-state index in [9.17, 15) is 13.2 Å². The fourth-order valence-corrected chi connectivity index (χ4v) is 6.11. The third kappa shape index (κ3) is 5.91. The van der Waals surface area contributed by atoms with Gasteiger partial charge in [-0.05, 0) is 88.2 Å². The van der Waals surface area contributed by atoms with Crippen LogP contribution in [0.5, 0.6) is 11.5 Å². The zero-order valence-electron chi connectivity index (χ0n) is 22.2. The van der Waals surface area contributed by atoms with Crippen LogP contribution in [0.4, 0.5) is 5.69 Å². The molecule has 1 amide bonds. The standard InChI is InChI=1S/C29H34N2O5S/c1-19-7-10-24(11-8-19)37(33,34)31(22-14-20(2)13-21(3)15-22)18-28(32)30-26-17-29(4,5)36-27-12-9-23(35-6)16-25(26)27/h7-16,26H,17-18H2,1-6H3,(H,30,32). The van der Waals surface area contributed by atoms with Gasteiger partial charge in [0.2, 0.25) is 5.91 Å². The smallest absolute Gasteiger partial charge is 0.264 e. The van der Waals surface area contributed by atoms with Crippen molar-refractivity contribution in [2.75, 3.05) is 18.0 Å².